The molecule has 4 nitrogen and oxygen atoms in total. The van der Waals surface area contributed by atoms with E-state index in [1.807, 2.05) is 0 Å². The van der Waals surface area contributed by atoms with E-state index in [2.05, 4.69) is 16.3 Å². The summed E-state index contributed by atoms with van der Waals surface area (Å²) >= 11 is 6.01. The zero-order valence-corrected chi connectivity index (χ0v) is 12.5. The molecular formula is C16H12ClF2NO3. The van der Waals surface area contributed by atoms with Crippen molar-refractivity contribution in [2.75, 3.05) is 0 Å². The smallest absolute Gasteiger partial charge is 0.419 e. The fourth-order valence-electron chi connectivity index (χ4n) is 2.06. The van der Waals surface area contributed by atoms with Crippen molar-refractivity contribution in [1.29, 1.82) is 0 Å². The standard InChI is InChI=1S/C16H12ClF2NO3/c1-2-16(18,19)23-13-4-3-9(7-11(13)17)10-5-6-20-12(8-10)14-15(21)22-14/h2-8,14-15,21H,1H2. The van der Waals surface area contributed by atoms with Crippen LogP contribution >= 0.6 is 11.6 Å². The molecule has 1 N–H and O–H groups in total. The van der Waals surface area contributed by atoms with Crippen LogP contribution in [0.2, 0.25) is 5.02 Å². The lowest BCUT2D eigenvalue weighted by molar-refractivity contribution is -0.131. The zero-order valence-electron chi connectivity index (χ0n) is 11.7. The van der Waals surface area contributed by atoms with Crippen LogP contribution in [0.3, 0.4) is 0 Å². The second kappa shape index (κ2) is 5.88. The normalized spacial score (nSPS) is 20.2. The average Bonchev–Trinajstić information content (AvgIpc) is 3.26. The first-order valence-electron chi connectivity index (χ1n) is 6.69. The maximum absolute atomic E-state index is 13.2. The van der Waals surface area contributed by atoms with Gasteiger partial charge in [0.25, 0.3) is 0 Å². The molecule has 0 aliphatic carbocycles. The highest BCUT2D eigenvalue weighted by Gasteiger charge is 2.39. The van der Waals surface area contributed by atoms with Crippen molar-refractivity contribution >= 4 is 11.6 Å². The molecule has 0 saturated carbocycles. The Kier molecular flexibility index (Phi) is 4.06. The second-order valence-electron chi connectivity index (χ2n) is 4.93. The van der Waals surface area contributed by atoms with Gasteiger partial charge in [-0.1, -0.05) is 24.2 Å². The number of pyridine rings is 1. The van der Waals surface area contributed by atoms with Gasteiger partial charge < -0.3 is 14.6 Å². The van der Waals surface area contributed by atoms with Gasteiger partial charge in [-0.15, -0.1) is 0 Å². The van der Waals surface area contributed by atoms with Gasteiger partial charge in [0.2, 0.25) is 0 Å². The summed E-state index contributed by atoms with van der Waals surface area (Å²) in [6, 6.07) is 7.95. The first kappa shape index (κ1) is 15.9. The quantitative estimate of drug-likeness (QED) is 0.662. The fourth-order valence-corrected chi connectivity index (χ4v) is 2.27. The number of ether oxygens (including phenoxy) is 2. The Morgan fingerprint density at radius 1 is 1.30 bits per heavy atom. The number of aromatic nitrogens is 1. The monoisotopic (exact) mass is 339 g/mol. The van der Waals surface area contributed by atoms with Crippen LogP contribution in [0.1, 0.15) is 11.8 Å². The molecule has 7 heteroatoms. The number of epoxide rings is 1. The van der Waals surface area contributed by atoms with E-state index >= 15 is 0 Å². The van der Waals surface area contributed by atoms with E-state index in [0.29, 0.717) is 17.3 Å². The Bertz CT molecular complexity index is 754. The summed E-state index contributed by atoms with van der Waals surface area (Å²) in [6.07, 6.45) is -2.79. The van der Waals surface area contributed by atoms with E-state index in [4.69, 9.17) is 16.3 Å². The Balaban J connectivity index is 1.87. The molecule has 1 aliphatic heterocycles. The van der Waals surface area contributed by atoms with Crippen LogP contribution in [0.4, 0.5) is 8.78 Å². The van der Waals surface area contributed by atoms with Gasteiger partial charge in [-0.05, 0) is 35.4 Å². The minimum atomic E-state index is -3.49. The predicted molar refractivity (Wildman–Crippen MR) is 80.3 cm³/mol. The molecule has 2 atom stereocenters. The molecular weight excluding hydrogens is 328 g/mol. The third kappa shape index (κ3) is 3.50. The molecule has 0 amide bonds. The van der Waals surface area contributed by atoms with E-state index in [-0.39, 0.29) is 10.8 Å². The lowest BCUT2D eigenvalue weighted by Crippen LogP contribution is -2.20. The SMILES string of the molecule is C=CC(F)(F)Oc1ccc(-c2ccnc(C3OC3O)c2)cc1Cl. The highest BCUT2D eigenvalue weighted by atomic mass is 35.5. The van der Waals surface area contributed by atoms with Crippen molar-refractivity contribution in [2.45, 2.75) is 18.5 Å². The average molecular weight is 340 g/mol. The lowest BCUT2D eigenvalue weighted by Gasteiger charge is -2.15. The number of hydrogen-bond donors (Lipinski definition) is 1. The minimum absolute atomic E-state index is 0.0464. The summed E-state index contributed by atoms with van der Waals surface area (Å²) in [5.74, 6) is -0.143. The molecule has 1 fully saturated rings. The summed E-state index contributed by atoms with van der Waals surface area (Å²) in [5, 5.41) is 9.32. The van der Waals surface area contributed by atoms with Crippen molar-refractivity contribution in [3.63, 3.8) is 0 Å². The number of alkyl halides is 2. The number of nitrogens with zero attached hydrogens (tertiary/aromatic N) is 1. The molecule has 23 heavy (non-hydrogen) atoms. The number of hydrogen-bond acceptors (Lipinski definition) is 4. The van der Waals surface area contributed by atoms with Gasteiger partial charge in [0.15, 0.2) is 12.4 Å². The van der Waals surface area contributed by atoms with Crippen LogP contribution in [-0.4, -0.2) is 22.5 Å². The van der Waals surface area contributed by atoms with Crippen LogP contribution in [0.15, 0.2) is 49.2 Å². The van der Waals surface area contributed by atoms with Gasteiger partial charge in [-0.25, -0.2) is 0 Å². The van der Waals surface area contributed by atoms with Gasteiger partial charge >= 0.3 is 6.11 Å². The number of halogens is 3. The topological polar surface area (TPSA) is 54.9 Å². The van der Waals surface area contributed by atoms with E-state index in [9.17, 15) is 13.9 Å². The molecule has 120 valence electrons. The molecule has 2 heterocycles. The van der Waals surface area contributed by atoms with Gasteiger partial charge in [0.05, 0.1) is 10.7 Å². The number of aliphatic hydroxyl groups excluding tert-OH is 1. The van der Waals surface area contributed by atoms with Crippen LogP contribution < -0.4 is 4.74 Å². The van der Waals surface area contributed by atoms with Crippen molar-refractivity contribution in [3.8, 4) is 16.9 Å². The third-order valence-electron chi connectivity index (χ3n) is 3.29. The second-order valence-corrected chi connectivity index (χ2v) is 5.34. The van der Waals surface area contributed by atoms with Crippen LogP contribution in [0.25, 0.3) is 11.1 Å². The molecule has 3 rings (SSSR count). The minimum Gasteiger partial charge on any atom is -0.428 e. The first-order chi connectivity index (χ1) is 10.9. The van der Waals surface area contributed by atoms with E-state index in [1.54, 1.807) is 24.4 Å². The molecule has 0 radical (unpaired) electrons. The van der Waals surface area contributed by atoms with Crippen LogP contribution in [-0.2, 0) is 4.74 Å². The third-order valence-corrected chi connectivity index (χ3v) is 3.59. The van der Waals surface area contributed by atoms with E-state index in [0.717, 1.165) is 5.56 Å². The summed E-state index contributed by atoms with van der Waals surface area (Å²) in [7, 11) is 0. The lowest BCUT2D eigenvalue weighted by atomic mass is 10.1. The Hall–Kier alpha value is -2.02. The Morgan fingerprint density at radius 2 is 2.00 bits per heavy atom. The maximum Gasteiger partial charge on any atom is 0.419 e. The number of rotatable bonds is 5. The molecule has 0 spiro atoms. The number of benzene rings is 1. The van der Waals surface area contributed by atoms with Crippen molar-refractivity contribution in [1.82, 2.24) is 4.98 Å². The van der Waals surface area contributed by atoms with E-state index < -0.39 is 18.5 Å². The van der Waals surface area contributed by atoms with Gasteiger partial charge in [0.1, 0.15) is 5.75 Å². The predicted octanol–water partition coefficient (Wildman–Crippen LogP) is 3.95. The van der Waals surface area contributed by atoms with Gasteiger partial charge in [-0.3, -0.25) is 4.98 Å². The van der Waals surface area contributed by atoms with E-state index in [1.165, 1.54) is 12.1 Å². The molecule has 2 unspecified atom stereocenters. The molecule has 2 aromatic rings. The molecule has 1 saturated heterocycles. The summed E-state index contributed by atoms with van der Waals surface area (Å²) in [5.41, 5.74) is 2.05. The summed E-state index contributed by atoms with van der Waals surface area (Å²) in [6.45, 7) is 3.00. The fraction of sp³-hybridized carbons (Fsp3) is 0.188. The molecule has 1 aromatic heterocycles. The van der Waals surface area contributed by atoms with Crippen LogP contribution in [0, 0.1) is 0 Å². The molecule has 1 aromatic carbocycles. The number of aliphatic hydroxyl groups is 1. The first-order valence-corrected chi connectivity index (χ1v) is 7.07. The highest BCUT2D eigenvalue weighted by Crippen LogP contribution is 2.38. The summed E-state index contributed by atoms with van der Waals surface area (Å²) < 4.78 is 35.8. The largest absolute Gasteiger partial charge is 0.428 e. The molecule has 1 aliphatic rings. The maximum atomic E-state index is 13.2. The highest BCUT2D eigenvalue weighted by molar-refractivity contribution is 6.32. The van der Waals surface area contributed by atoms with Gasteiger partial charge in [-0.2, -0.15) is 8.78 Å². The van der Waals surface area contributed by atoms with Crippen molar-refractivity contribution < 1.29 is 23.4 Å². The van der Waals surface area contributed by atoms with Crippen molar-refractivity contribution in [2.24, 2.45) is 0 Å². The summed E-state index contributed by atoms with van der Waals surface area (Å²) in [4.78, 5) is 4.12. The van der Waals surface area contributed by atoms with Gasteiger partial charge in [0, 0.05) is 12.3 Å². The zero-order chi connectivity index (χ0) is 16.6. The Morgan fingerprint density at radius 3 is 2.61 bits per heavy atom. The van der Waals surface area contributed by atoms with Crippen molar-refractivity contribution in [3.05, 3.63) is 59.9 Å². The molecule has 0 bridgehead atoms. The Labute approximate surface area is 135 Å². The van der Waals surface area contributed by atoms with Crippen LogP contribution in [0.5, 0.6) is 5.75 Å².